The van der Waals surface area contributed by atoms with Gasteiger partial charge in [-0.1, -0.05) is 0 Å². The second-order valence-electron chi connectivity index (χ2n) is 4.36. The molecule has 1 atom stereocenters. The topological polar surface area (TPSA) is 3.24 Å². The van der Waals surface area contributed by atoms with Crippen molar-refractivity contribution in [2.75, 3.05) is 13.1 Å². The Kier molecular flexibility index (Phi) is 2.53. The van der Waals surface area contributed by atoms with E-state index in [0.717, 1.165) is 19.4 Å². The second kappa shape index (κ2) is 3.10. The molecule has 1 aliphatic rings. The lowest BCUT2D eigenvalue weighted by Crippen LogP contribution is -2.47. The van der Waals surface area contributed by atoms with E-state index in [0.29, 0.717) is 6.54 Å². The summed E-state index contributed by atoms with van der Waals surface area (Å²) in [7, 11) is 0. The molecule has 1 rings (SSSR count). The summed E-state index contributed by atoms with van der Waals surface area (Å²) in [5.41, 5.74) is 0.144. The molecular weight excluding hydrogens is 141 g/mol. The number of halogens is 1. The molecule has 0 radical (unpaired) electrons. The van der Waals surface area contributed by atoms with Gasteiger partial charge in [0.1, 0.15) is 6.17 Å². The van der Waals surface area contributed by atoms with Crippen LogP contribution in [-0.2, 0) is 0 Å². The molecule has 0 saturated carbocycles. The number of hydrogen-bond donors (Lipinski definition) is 0. The predicted octanol–water partition coefficient (Wildman–Crippen LogP) is 2.22. The highest BCUT2D eigenvalue weighted by molar-refractivity contribution is 4.82. The Labute approximate surface area is 68.6 Å². The highest BCUT2D eigenvalue weighted by Crippen LogP contribution is 2.21. The molecule has 2 heteroatoms. The van der Waals surface area contributed by atoms with Crippen LogP contribution in [0.5, 0.6) is 0 Å². The van der Waals surface area contributed by atoms with Crippen molar-refractivity contribution in [1.82, 2.24) is 4.90 Å². The molecule has 0 aromatic carbocycles. The van der Waals surface area contributed by atoms with Crippen molar-refractivity contribution in [3.8, 4) is 0 Å². The molecule has 1 nitrogen and oxygen atoms in total. The van der Waals surface area contributed by atoms with Gasteiger partial charge >= 0.3 is 0 Å². The molecule has 0 aromatic rings. The van der Waals surface area contributed by atoms with E-state index in [9.17, 15) is 4.39 Å². The van der Waals surface area contributed by atoms with E-state index in [1.807, 2.05) is 0 Å². The predicted molar refractivity (Wildman–Crippen MR) is 45.5 cm³/mol. The standard InChI is InChI=1S/C9H18FN/c1-9(2,3)11-6-4-5-8(10)7-11/h8H,4-7H2,1-3H3/t8-/m1/s1. The lowest BCUT2D eigenvalue weighted by atomic mass is 10.0. The molecule has 0 N–H and O–H groups in total. The summed E-state index contributed by atoms with van der Waals surface area (Å²) in [6.07, 6.45) is 1.17. The Bertz CT molecular complexity index is 128. The van der Waals surface area contributed by atoms with Crippen molar-refractivity contribution < 1.29 is 4.39 Å². The van der Waals surface area contributed by atoms with Gasteiger partial charge in [0.25, 0.3) is 0 Å². The lowest BCUT2D eigenvalue weighted by molar-refractivity contribution is 0.0625. The van der Waals surface area contributed by atoms with E-state index in [1.54, 1.807) is 0 Å². The third-order valence-electron chi connectivity index (χ3n) is 2.31. The third-order valence-corrected chi connectivity index (χ3v) is 2.31. The van der Waals surface area contributed by atoms with E-state index >= 15 is 0 Å². The van der Waals surface area contributed by atoms with E-state index < -0.39 is 6.17 Å². The molecule has 1 aliphatic heterocycles. The van der Waals surface area contributed by atoms with E-state index in [1.165, 1.54) is 0 Å². The van der Waals surface area contributed by atoms with Gasteiger partial charge < -0.3 is 0 Å². The van der Waals surface area contributed by atoms with Crippen molar-refractivity contribution in [3.05, 3.63) is 0 Å². The third kappa shape index (κ3) is 2.44. The average Bonchev–Trinajstić information content (AvgIpc) is 1.86. The largest absolute Gasteiger partial charge is 0.296 e. The highest BCUT2D eigenvalue weighted by atomic mass is 19.1. The van der Waals surface area contributed by atoms with Crippen LogP contribution in [0.25, 0.3) is 0 Å². The van der Waals surface area contributed by atoms with Crippen LogP contribution in [0.15, 0.2) is 0 Å². The molecule has 1 heterocycles. The number of piperidine rings is 1. The number of alkyl halides is 1. The highest BCUT2D eigenvalue weighted by Gasteiger charge is 2.27. The zero-order valence-corrected chi connectivity index (χ0v) is 7.73. The Morgan fingerprint density at radius 3 is 2.36 bits per heavy atom. The second-order valence-corrected chi connectivity index (χ2v) is 4.36. The molecule has 0 amide bonds. The molecule has 0 aliphatic carbocycles. The normalized spacial score (nSPS) is 28.9. The summed E-state index contributed by atoms with van der Waals surface area (Å²) in [5.74, 6) is 0. The van der Waals surface area contributed by atoms with E-state index in [-0.39, 0.29) is 5.54 Å². The van der Waals surface area contributed by atoms with Gasteiger partial charge in [0.05, 0.1) is 0 Å². The first-order valence-electron chi connectivity index (χ1n) is 4.39. The Balaban J connectivity index is 2.46. The number of rotatable bonds is 0. The van der Waals surface area contributed by atoms with Crippen molar-refractivity contribution in [2.24, 2.45) is 0 Å². The van der Waals surface area contributed by atoms with Gasteiger partial charge in [-0.05, 0) is 40.2 Å². The van der Waals surface area contributed by atoms with E-state index in [2.05, 4.69) is 25.7 Å². The summed E-state index contributed by atoms with van der Waals surface area (Å²) in [6, 6.07) is 0. The van der Waals surface area contributed by atoms with Crippen LogP contribution in [0.2, 0.25) is 0 Å². The Hall–Kier alpha value is -0.110. The van der Waals surface area contributed by atoms with Crippen LogP contribution in [-0.4, -0.2) is 29.7 Å². The molecule has 11 heavy (non-hydrogen) atoms. The van der Waals surface area contributed by atoms with Crippen molar-refractivity contribution >= 4 is 0 Å². The molecule has 1 saturated heterocycles. The maximum Gasteiger partial charge on any atom is 0.113 e. The lowest BCUT2D eigenvalue weighted by Gasteiger charge is -2.39. The van der Waals surface area contributed by atoms with Gasteiger partial charge in [0.15, 0.2) is 0 Å². The maximum absolute atomic E-state index is 12.9. The maximum atomic E-state index is 12.9. The van der Waals surface area contributed by atoms with Crippen LogP contribution >= 0.6 is 0 Å². The Morgan fingerprint density at radius 1 is 1.36 bits per heavy atom. The van der Waals surface area contributed by atoms with Gasteiger partial charge in [-0.3, -0.25) is 4.90 Å². The van der Waals surface area contributed by atoms with Crippen LogP contribution in [0.4, 0.5) is 4.39 Å². The summed E-state index contributed by atoms with van der Waals surface area (Å²) in [4.78, 5) is 2.22. The minimum Gasteiger partial charge on any atom is -0.296 e. The fraction of sp³-hybridized carbons (Fsp3) is 1.00. The van der Waals surface area contributed by atoms with Crippen molar-refractivity contribution in [2.45, 2.75) is 45.3 Å². The molecule has 0 unspecified atom stereocenters. The number of likely N-dealkylation sites (tertiary alicyclic amines) is 1. The quantitative estimate of drug-likeness (QED) is 0.524. The minimum absolute atomic E-state index is 0.144. The SMILES string of the molecule is CC(C)(C)N1CCC[C@@H](F)C1. The molecule has 0 spiro atoms. The zero-order valence-electron chi connectivity index (χ0n) is 7.73. The fourth-order valence-corrected chi connectivity index (χ4v) is 1.53. The summed E-state index contributed by atoms with van der Waals surface area (Å²) in [6.45, 7) is 8.12. The summed E-state index contributed by atoms with van der Waals surface area (Å²) in [5, 5.41) is 0. The van der Waals surface area contributed by atoms with Crippen LogP contribution in [0, 0.1) is 0 Å². The average molecular weight is 159 g/mol. The molecule has 1 fully saturated rings. The number of hydrogen-bond acceptors (Lipinski definition) is 1. The first-order valence-corrected chi connectivity index (χ1v) is 4.39. The van der Waals surface area contributed by atoms with Gasteiger partial charge in [-0.2, -0.15) is 0 Å². The first-order chi connectivity index (χ1) is 5.00. The minimum atomic E-state index is -0.594. The number of nitrogens with zero attached hydrogens (tertiary/aromatic N) is 1. The van der Waals surface area contributed by atoms with Gasteiger partial charge in [0.2, 0.25) is 0 Å². The zero-order chi connectivity index (χ0) is 8.48. The van der Waals surface area contributed by atoms with Crippen LogP contribution in [0.1, 0.15) is 33.6 Å². The van der Waals surface area contributed by atoms with Crippen molar-refractivity contribution in [1.29, 1.82) is 0 Å². The van der Waals surface area contributed by atoms with Gasteiger partial charge in [-0.15, -0.1) is 0 Å². The molecular formula is C9H18FN. The summed E-state index contributed by atoms with van der Waals surface area (Å²) >= 11 is 0. The fourth-order valence-electron chi connectivity index (χ4n) is 1.53. The molecule has 0 aromatic heterocycles. The Morgan fingerprint density at radius 2 is 2.00 bits per heavy atom. The van der Waals surface area contributed by atoms with Crippen molar-refractivity contribution in [3.63, 3.8) is 0 Å². The van der Waals surface area contributed by atoms with E-state index in [4.69, 9.17) is 0 Å². The molecule has 66 valence electrons. The van der Waals surface area contributed by atoms with Crippen LogP contribution in [0.3, 0.4) is 0 Å². The summed E-state index contributed by atoms with van der Waals surface area (Å²) < 4.78 is 12.9. The van der Waals surface area contributed by atoms with Crippen LogP contribution < -0.4 is 0 Å². The van der Waals surface area contributed by atoms with Gasteiger partial charge in [0, 0.05) is 12.1 Å². The monoisotopic (exact) mass is 159 g/mol. The molecule has 0 bridgehead atoms. The van der Waals surface area contributed by atoms with Gasteiger partial charge in [-0.25, -0.2) is 4.39 Å². The smallest absolute Gasteiger partial charge is 0.113 e. The first kappa shape index (κ1) is 8.98.